The van der Waals surface area contributed by atoms with Crippen LogP contribution in [0.1, 0.15) is 19.3 Å². The van der Waals surface area contributed by atoms with Gasteiger partial charge in [0.2, 0.25) is 0 Å². The first-order valence-corrected chi connectivity index (χ1v) is 6.15. The molecule has 1 heterocycles. The fourth-order valence-corrected chi connectivity index (χ4v) is 1.39. The minimum absolute atomic E-state index is 0.0186. The molecule has 0 N–H and O–H groups in total. The highest BCUT2D eigenvalue weighted by molar-refractivity contribution is 6.12. The molecule has 1 aliphatic heterocycles. The molecule has 4 amide bonds. The lowest BCUT2D eigenvalue weighted by Crippen LogP contribution is -2.33. The van der Waals surface area contributed by atoms with Gasteiger partial charge in [-0.15, -0.1) is 0 Å². The standard InChI is InChI=1S/C11H11N5O7/c1-15(23-11(21)13-14-12)7(17)3-2-4-10(20)22-16-8(18)5-6-9(16)19/h5-6H,2-4H2,1H3. The summed E-state index contributed by atoms with van der Waals surface area (Å²) in [7, 11) is 1.12. The van der Waals surface area contributed by atoms with Crippen LogP contribution >= 0.6 is 0 Å². The maximum absolute atomic E-state index is 11.5. The van der Waals surface area contributed by atoms with E-state index in [2.05, 4.69) is 19.7 Å². The second kappa shape index (κ2) is 8.14. The zero-order valence-electron chi connectivity index (χ0n) is 11.9. The monoisotopic (exact) mass is 325 g/mol. The summed E-state index contributed by atoms with van der Waals surface area (Å²) in [5.41, 5.74) is 7.99. The van der Waals surface area contributed by atoms with Gasteiger partial charge in [0.05, 0.1) is 0 Å². The number of hydrogen-bond donors (Lipinski definition) is 0. The maximum Gasteiger partial charge on any atom is 0.421 e. The molecular weight excluding hydrogens is 314 g/mol. The Morgan fingerprint density at radius 3 is 2.43 bits per heavy atom. The molecule has 1 rings (SSSR count). The van der Waals surface area contributed by atoms with Gasteiger partial charge in [-0.25, -0.2) is 9.59 Å². The Labute approximate surface area is 128 Å². The molecule has 0 aromatic heterocycles. The van der Waals surface area contributed by atoms with Gasteiger partial charge in [0.1, 0.15) is 0 Å². The number of carbonyl (C=O) groups excluding carboxylic acids is 5. The van der Waals surface area contributed by atoms with Crippen molar-refractivity contribution in [3.8, 4) is 0 Å². The van der Waals surface area contributed by atoms with Crippen molar-refractivity contribution in [2.75, 3.05) is 7.05 Å². The summed E-state index contributed by atoms with van der Waals surface area (Å²) in [6.07, 6.45) is 0.181. The van der Waals surface area contributed by atoms with Gasteiger partial charge in [-0.1, -0.05) is 5.06 Å². The fraction of sp³-hybridized carbons (Fsp3) is 0.364. The number of carbonyl (C=O) groups is 5. The van der Waals surface area contributed by atoms with E-state index in [-0.39, 0.29) is 19.3 Å². The van der Waals surface area contributed by atoms with Gasteiger partial charge >= 0.3 is 12.1 Å². The van der Waals surface area contributed by atoms with Crippen molar-refractivity contribution in [1.82, 2.24) is 10.1 Å². The summed E-state index contributed by atoms with van der Waals surface area (Å²) in [6, 6.07) is 0. The Kier molecular flexibility index (Phi) is 6.25. The highest BCUT2D eigenvalue weighted by Crippen LogP contribution is 2.08. The van der Waals surface area contributed by atoms with Gasteiger partial charge in [0, 0.05) is 42.1 Å². The van der Waals surface area contributed by atoms with E-state index in [1.54, 1.807) is 0 Å². The first-order chi connectivity index (χ1) is 10.8. The first kappa shape index (κ1) is 17.7. The van der Waals surface area contributed by atoms with Gasteiger partial charge in [0.15, 0.2) is 0 Å². The molecule has 0 spiro atoms. The number of rotatable bonds is 5. The van der Waals surface area contributed by atoms with Crippen LogP contribution < -0.4 is 0 Å². The Morgan fingerprint density at radius 1 is 1.26 bits per heavy atom. The Hall–Kier alpha value is -3.40. The van der Waals surface area contributed by atoms with E-state index in [9.17, 15) is 24.0 Å². The van der Waals surface area contributed by atoms with Crippen LogP contribution in [0.2, 0.25) is 0 Å². The van der Waals surface area contributed by atoms with Crippen LogP contribution in [-0.4, -0.2) is 47.0 Å². The summed E-state index contributed by atoms with van der Waals surface area (Å²) < 4.78 is 0. The van der Waals surface area contributed by atoms with Crippen LogP contribution in [0.15, 0.2) is 17.3 Å². The van der Waals surface area contributed by atoms with Gasteiger partial charge < -0.3 is 9.68 Å². The van der Waals surface area contributed by atoms with Crippen molar-refractivity contribution in [3.63, 3.8) is 0 Å². The molecule has 0 bridgehead atoms. The SMILES string of the molecule is CN(OC(=O)N=[N+]=[N-])C(=O)CCCC(=O)ON1C(=O)C=CC1=O. The third kappa shape index (κ3) is 5.47. The van der Waals surface area contributed by atoms with Crippen LogP contribution in [-0.2, 0) is 28.9 Å². The number of imide groups is 1. The van der Waals surface area contributed by atoms with Gasteiger partial charge in [-0.2, -0.15) is 5.06 Å². The molecule has 0 aromatic rings. The molecule has 0 saturated heterocycles. The minimum atomic E-state index is -1.30. The number of azide groups is 1. The summed E-state index contributed by atoms with van der Waals surface area (Å²) in [4.78, 5) is 67.2. The number of hydrogen-bond acceptors (Lipinski definition) is 7. The third-order valence-corrected chi connectivity index (χ3v) is 2.43. The predicted molar refractivity (Wildman–Crippen MR) is 69.3 cm³/mol. The molecule has 0 aliphatic carbocycles. The molecule has 0 unspecified atom stereocenters. The summed E-state index contributed by atoms with van der Waals surface area (Å²) in [5, 5.41) is 3.46. The van der Waals surface area contributed by atoms with E-state index in [0.717, 1.165) is 19.2 Å². The first-order valence-electron chi connectivity index (χ1n) is 6.15. The van der Waals surface area contributed by atoms with Gasteiger partial charge in [0.25, 0.3) is 17.7 Å². The van der Waals surface area contributed by atoms with E-state index < -0.39 is 29.8 Å². The Balaban J connectivity index is 2.30. The molecule has 23 heavy (non-hydrogen) atoms. The highest BCUT2D eigenvalue weighted by atomic mass is 16.7. The third-order valence-electron chi connectivity index (χ3n) is 2.43. The lowest BCUT2D eigenvalue weighted by Gasteiger charge is -2.15. The van der Waals surface area contributed by atoms with Crippen molar-refractivity contribution >= 4 is 29.8 Å². The largest absolute Gasteiger partial charge is 0.421 e. The second-order valence-corrected chi connectivity index (χ2v) is 4.06. The molecule has 1 aliphatic rings. The predicted octanol–water partition coefficient (Wildman–Crippen LogP) is 0.360. The van der Waals surface area contributed by atoms with E-state index in [1.165, 1.54) is 0 Å². The van der Waals surface area contributed by atoms with Crippen molar-refractivity contribution in [2.24, 2.45) is 5.11 Å². The number of amides is 4. The van der Waals surface area contributed by atoms with Crippen LogP contribution in [0.5, 0.6) is 0 Å². The molecule has 0 aromatic carbocycles. The lowest BCUT2D eigenvalue weighted by molar-refractivity contribution is -0.196. The molecule has 0 radical (unpaired) electrons. The van der Waals surface area contributed by atoms with Crippen molar-refractivity contribution in [3.05, 3.63) is 22.6 Å². The van der Waals surface area contributed by atoms with Gasteiger partial charge in [-0.05, 0) is 12.0 Å². The molecule has 0 atom stereocenters. The topological polar surface area (TPSA) is 159 Å². The molecular formula is C11H11N5O7. The lowest BCUT2D eigenvalue weighted by atomic mass is 10.2. The zero-order chi connectivity index (χ0) is 17.4. The molecule has 0 saturated carbocycles. The van der Waals surface area contributed by atoms with Crippen molar-refractivity contribution in [2.45, 2.75) is 19.3 Å². The summed E-state index contributed by atoms with van der Waals surface area (Å²) >= 11 is 0. The quantitative estimate of drug-likeness (QED) is 0.232. The molecule has 122 valence electrons. The smallest absolute Gasteiger partial charge is 0.332 e. The zero-order valence-corrected chi connectivity index (χ0v) is 11.9. The van der Waals surface area contributed by atoms with Crippen molar-refractivity contribution < 1.29 is 33.6 Å². The Bertz CT molecular complexity index is 604. The minimum Gasteiger partial charge on any atom is -0.332 e. The highest BCUT2D eigenvalue weighted by Gasteiger charge is 2.27. The van der Waals surface area contributed by atoms with Crippen LogP contribution in [0, 0.1) is 0 Å². The average Bonchev–Trinajstić information content (AvgIpc) is 2.79. The molecule has 12 nitrogen and oxygen atoms in total. The number of nitrogens with zero attached hydrogens (tertiary/aromatic N) is 5. The van der Waals surface area contributed by atoms with E-state index in [1.807, 2.05) is 0 Å². The fourth-order valence-electron chi connectivity index (χ4n) is 1.39. The second-order valence-electron chi connectivity index (χ2n) is 4.06. The van der Waals surface area contributed by atoms with E-state index in [4.69, 9.17) is 5.53 Å². The maximum atomic E-state index is 11.5. The van der Waals surface area contributed by atoms with Crippen LogP contribution in [0.3, 0.4) is 0 Å². The van der Waals surface area contributed by atoms with Crippen LogP contribution in [0.4, 0.5) is 4.79 Å². The molecule has 12 heteroatoms. The van der Waals surface area contributed by atoms with E-state index in [0.29, 0.717) is 10.1 Å². The van der Waals surface area contributed by atoms with Crippen molar-refractivity contribution in [1.29, 1.82) is 0 Å². The van der Waals surface area contributed by atoms with Gasteiger partial charge in [-0.3, -0.25) is 14.4 Å². The van der Waals surface area contributed by atoms with E-state index >= 15 is 0 Å². The Morgan fingerprint density at radius 2 is 1.87 bits per heavy atom. The average molecular weight is 325 g/mol. The normalized spacial score (nSPS) is 12.7. The summed E-state index contributed by atoms with van der Waals surface area (Å²) in [5.74, 6) is -3.08. The van der Waals surface area contributed by atoms with Crippen LogP contribution in [0.25, 0.3) is 10.4 Å². The number of hydroxylamine groups is 4. The summed E-state index contributed by atoms with van der Waals surface area (Å²) in [6.45, 7) is 0. The molecule has 0 fully saturated rings.